The molecule has 2 amide bonds. The van der Waals surface area contributed by atoms with Crippen LogP contribution in [-0.2, 0) is 21.9 Å². The van der Waals surface area contributed by atoms with Crippen LogP contribution in [0.5, 0.6) is 0 Å². The zero-order chi connectivity index (χ0) is 30.8. The highest BCUT2D eigenvalue weighted by molar-refractivity contribution is 8.26. The molecule has 1 aromatic carbocycles. The van der Waals surface area contributed by atoms with Crippen molar-refractivity contribution < 1.29 is 45.8 Å². The Hall–Kier alpha value is -4.31. The van der Waals surface area contributed by atoms with E-state index in [1.54, 1.807) is 0 Å². The molecule has 1 fully saturated rings. The molecule has 0 atom stereocenters. The van der Waals surface area contributed by atoms with Gasteiger partial charge in [0.05, 0.1) is 27.4 Å². The second kappa shape index (κ2) is 11.9. The van der Waals surface area contributed by atoms with Gasteiger partial charge in [-0.2, -0.15) is 26.3 Å². The molecule has 8 nitrogen and oxygen atoms in total. The van der Waals surface area contributed by atoms with Crippen LogP contribution in [0, 0.1) is 0 Å². The second-order valence-electron chi connectivity index (χ2n) is 8.61. The van der Waals surface area contributed by atoms with E-state index >= 15 is 0 Å². The maximum Gasteiger partial charge on any atom is 0.416 e. The van der Waals surface area contributed by atoms with Crippen molar-refractivity contribution in [3.05, 3.63) is 82.1 Å². The number of aromatic nitrogens is 2. The number of alkyl halides is 6. The highest BCUT2D eigenvalue weighted by atomic mass is 32.2. The summed E-state index contributed by atoms with van der Waals surface area (Å²) in [6, 6.07) is 7.68. The Kier molecular flexibility index (Phi) is 8.68. The molecule has 0 radical (unpaired) electrons. The predicted octanol–water partition coefficient (Wildman–Crippen LogP) is 6.11. The Morgan fingerprint density at radius 1 is 1.02 bits per heavy atom. The highest BCUT2D eigenvalue weighted by Gasteiger charge is 2.37. The van der Waals surface area contributed by atoms with E-state index < -0.39 is 46.8 Å². The van der Waals surface area contributed by atoms with Gasteiger partial charge in [0.15, 0.2) is 0 Å². The van der Waals surface area contributed by atoms with E-state index in [1.807, 2.05) is 0 Å². The fraction of sp³-hybridized carbons (Fsp3) is 0.154. The monoisotopic (exact) mass is 626 g/mol. The van der Waals surface area contributed by atoms with Crippen LogP contribution >= 0.6 is 24.0 Å². The van der Waals surface area contributed by atoms with Crippen LogP contribution in [0.25, 0.3) is 17.3 Å². The summed E-state index contributed by atoms with van der Waals surface area (Å²) in [5.41, 5.74) is -3.60. The molecular weight excluding hydrogens is 610 g/mol. The van der Waals surface area contributed by atoms with Gasteiger partial charge >= 0.3 is 18.3 Å². The van der Waals surface area contributed by atoms with E-state index in [9.17, 15) is 40.7 Å². The Morgan fingerprint density at radius 3 is 2.31 bits per heavy atom. The van der Waals surface area contributed by atoms with Crippen molar-refractivity contribution in [2.45, 2.75) is 18.8 Å². The van der Waals surface area contributed by atoms with E-state index in [4.69, 9.17) is 17.3 Å². The molecule has 0 bridgehead atoms. The Morgan fingerprint density at radius 2 is 1.69 bits per heavy atom. The molecule has 3 heterocycles. The van der Waals surface area contributed by atoms with Gasteiger partial charge in [0.2, 0.25) is 5.91 Å². The first-order valence-electron chi connectivity index (χ1n) is 11.6. The van der Waals surface area contributed by atoms with Crippen LogP contribution in [0.1, 0.15) is 33.7 Å². The lowest BCUT2D eigenvalue weighted by Crippen LogP contribution is -2.31. The van der Waals surface area contributed by atoms with Crippen molar-refractivity contribution in [1.82, 2.24) is 14.9 Å². The molecule has 2 aromatic heterocycles. The Balaban J connectivity index is 1.50. The third-order valence-electron chi connectivity index (χ3n) is 5.63. The van der Waals surface area contributed by atoms with Crippen LogP contribution < -0.4 is 5.32 Å². The number of nitrogens with zero attached hydrogens (tertiary/aromatic N) is 3. The van der Waals surface area contributed by atoms with Gasteiger partial charge < -0.3 is 10.4 Å². The topological polar surface area (TPSA) is 112 Å². The maximum atomic E-state index is 13.3. The van der Waals surface area contributed by atoms with Crippen molar-refractivity contribution in [2.24, 2.45) is 0 Å². The molecule has 4 rings (SSSR count). The molecule has 218 valence electrons. The number of thiocarbonyl (C=S) groups is 1. The number of hydrogen-bond donors (Lipinski definition) is 2. The zero-order valence-electron chi connectivity index (χ0n) is 20.8. The summed E-state index contributed by atoms with van der Waals surface area (Å²) < 4.78 is 79.8. The van der Waals surface area contributed by atoms with Gasteiger partial charge in [0, 0.05) is 30.4 Å². The quantitative estimate of drug-likeness (QED) is 0.184. The van der Waals surface area contributed by atoms with Crippen LogP contribution in [0.4, 0.5) is 32.0 Å². The Bertz CT molecular complexity index is 1590. The SMILES string of the molecule is O=C(CCN1C(=O)C(=Cc2cccc(-c3cc(C(F)(F)F)cc(C(F)(F)F)c3)n2)SC1=S)Nc1ccnc(C(=O)O)c1. The maximum absolute atomic E-state index is 13.3. The standard InChI is InChI=1S/C26H16F6N4O4S2/c27-25(28,29)14-8-13(9-15(10-14)26(30,31)32)18-3-1-2-16(34-18)12-20-22(38)36(24(41)42-20)7-5-21(37)35-17-4-6-33-19(11-17)23(39)40/h1-4,6,8-12H,5,7H2,(H,39,40)(H,33,35,37). The minimum Gasteiger partial charge on any atom is -0.477 e. The first-order chi connectivity index (χ1) is 19.6. The molecule has 1 aliphatic rings. The predicted molar refractivity (Wildman–Crippen MR) is 144 cm³/mol. The Labute approximate surface area is 242 Å². The lowest BCUT2D eigenvalue weighted by Gasteiger charge is -2.14. The number of carbonyl (C=O) groups excluding carboxylic acids is 2. The normalized spacial score (nSPS) is 14.9. The number of hydrogen-bond acceptors (Lipinski definition) is 7. The van der Waals surface area contributed by atoms with E-state index in [2.05, 4.69) is 15.3 Å². The number of thioether (sulfide) groups is 1. The first-order valence-corrected chi connectivity index (χ1v) is 12.9. The number of carbonyl (C=O) groups is 3. The molecule has 0 aliphatic carbocycles. The summed E-state index contributed by atoms with van der Waals surface area (Å²) in [7, 11) is 0. The number of aromatic carboxylic acids is 1. The van der Waals surface area contributed by atoms with Gasteiger partial charge in [0.25, 0.3) is 5.91 Å². The number of benzene rings is 1. The molecule has 0 saturated carbocycles. The molecule has 2 N–H and O–H groups in total. The summed E-state index contributed by atoms with van der Waals surface area (Å²) in [5.74, 6) is -2.40. The molecule has 0 spiro atoms. The van der Waals surface area contributed by atoms with E-state index in [0.717, 1.165) is 22.7 Å². The number of anilines is 1. The van der Waals surface area contributed by atoms with Crippen LogP contribution in [0.2, 0.25) is 0 Å². The van der Waals surface area contributed by atoms with Gasteiger partial charge in [-0.3, -0.25) is 14.5 Å². The summed E-state index contributed by atoms with van der Waals surface area (Å²) >= 11 is 6.10. The average molecular weight is 627 g/mol. The van der Waals surface area contributed by atoms with Crippen molar-refractivity contribution in [3.8, 4) is 11.3 Å². The van der Waals surface area contributed by atoms with Gasteiger partial charge in [-0.25, -0.2) is 14.8 Å². The first kappa shape index (κ1) is 30.6. The van der Waals surface area contributed by atoms with Crippen molar-refractivity contribution in [2.75, 3.05) is 11.9 Å². The molecule has 1 saturated heterocycles. The zero-order valence-corrected chi connectivity index (χ0v) is 22.4. The van der Waals surface area contributed by atoms with Gasteiger partial charge in [-0.15, -0.1) is 0 Å². The van der Waals surface area contributed by atoms with Crippen molar-refractivity contribution >= 4 is 57.8 Å². The van der Waals surface area contributed by atoms with E-state index in [-0.39, 0.29) is 51.0 Å². The molecule has 1 aliphatic heterocycles. The second-order valence-corrected chi connectivity index (χ2v) is 10.3. The van der Waals surface area contributed by atoms with Crippen LogP contribution in [0.15, 0.2) is 59.6 Å². The average Bonchev–Trinajstić information content (AvgIpc) is 3.18. The van der Waals surface area contributed by atoms with E-state index in [1.165, 1.54) is 36.5 Å². The molecular formula is C26H16F6N4O4S2. The van der Waals surface area contributed by atoms with Crippen molar-refractivity contribution in [1.29, 1.82) is 0 Å². The van der Waals surface area contributed by atoms with Gasteiger partial charge in [0.1, 0.15) is 10.0 Å². The van der Waals surface area contributed by atoms with Gasteiger partial charge in [-0.1, -0.05) is 30.0 Å². The van der Waals surface area contributed by atoms with Gasteiger partial charge in [-0.05, 0) is 48.5 Å². The largest absolute Gasteiger partial charge is 0.477 e. The van der Waals surface area contributed by atoms with Crippen LogP contribution in [-0.4, -0.2) is 48.6 Å². The minimum absolute atomic E-state index is 0.0172. The smallest absolute Gasteiger partial charge is 0.416 e. The number of nitrogens with one attached hydrogen (secondary N) is 1. The number of carboxylic acids is 1. The highest BCUT2D eigenvalue weighted by Crippen LogP contribution is 2.38. The fourth-order valence-electron chi connectivity index (χ4n) is 3.68. The third kappa shape index (κ3) is 7.30. The lowest BCUT2D eigenvalue weighted by atomic mass is 10.0. The number of pyridine rings is 2. The molecule has 0 unspecified atom stereocenters. The molecule has 16 heteroatoms. The fourth-order valence-corrected chi connectivity index (χ4v) is 4.98. The lowest BCUT2D eigenvalue weighted by molar-refractivity contribution is -0.143. The van der Waals surface area contributed by atoms with Crippen molar-refractivity contribution in [3.63, 3.8) is 0 Å². The van der Waals surface area contributed by atoms with Crippen LogP contribution in [0.3, 0.4) is 0 Å². The molecule has 3 aromatic rings. The summed E-state index contributed by atoms with van der Waals surface area (Å²) in [4.78, 5) is 45.3. The third-order valence-corrected chi connectivity index (χ3v) is 7.01. The number of rotatable bonds is 7. The number of carboxylic acid groups (broad SMARTS) is 1. The number of amides is 2. The number of halogens is 6. The molecule has 42 heavy (non-hydrogen) atoms. The summed E-state index contributed by atoms with van der Waals surface area (Å²) in [6.07, 6.45) is -7.77. The summed E-state index contributed by atoms with van der Waals surface area (Å²) in [5, 5.41) is 11.5. The van der Waals surface area contributed by atoms with E-state index in [0.29, 0.717) is 12.1 Å². The minimum atomic E-state index is -5.03. The summed E-state index contributed by atoms with van der Waals surface area (Å²) in [6.45, 7) is -0.122.